The first-order chi connectivity index (χ1) is 8.63. The Balaban J connectivity index is 2.26. The molecule has 0 aliphatic rings. The molecule has 104 valence electrons. The van der Waals surface area contributed by atoms with Crippen molar-refractivity contribution < 1.29 is 13.5 Å². The molecule has 0 aromatic carbocycles. The van der Waals surface area contributed by atoms with Crippen molar-refractivity contribution in [1.29, 1.82) is 0 Å². The average Bonchev–Trinajstić information content (AvgIpc) is 2.72. The summed E-state index contributed by atoms with van der Waals surface area (Å²) in [6.07, 6.45) is 3.51. The molecule has 0 radical (unpaired) electrons. The van der Waals surface area contributed by atoms with Crippen molar-refractivity contribution in [2.75, 3.05) is 13.2 Å². The van der Waals surface area contributed by atoms with Gasteiger partial charge in [0.1, 0.15) is 12.4 Å². The minimum atomic E-state index is -2.41. The van der Waals surface area contributed by atoms with Crippen LogP contribution in [0, 0.1) is 0 Å². The van der Waals surface area contributed by atoms with Crippen LogP contribution < -0.4 is 5.73 Å². The number of alkyl halides is 2. The quantitative estimate of drug-likeness (QED) is 0.690. The molecule has 0 spiro atoms. The van der Waals surface area contributed by atoms with Gasteiger partial charge in [-0.1, -0.05) is 6.92 Å². The zero-order valence-electron chi connectivity index (χ0n) is 10.7. The largest absolute Gasteiger partial charge is 0.375 e. The van der Waals surface area contributed by atoms with Crippen molar-refractivity contribution in [3.63, 3.8) is 0 Å². The van der Waals surface area contributed by atoms with Gasteiger partial charge in [0.25, 0.3) is 6.43 Å². The lowest BCUT2D eigenvalue weighted by Crippen LogP contribution is -2.26. The van der Waals surface area contributed by atoms with Gasteiger partial charge in [-0.3, -0.25) is 0 Å². The minimum absolute atomic E-state index is 0.110. The summed E-state index contributed by atoms with van der Waals surface area (Å²) in [5, 5.41) is 0. The topological polar surface area (TPSA) is 53.1 Å². The van der Waals surface area contributed by atoms with Crippen molar-refractivity contribution >= 4 is 0 Å². The van der Waals surface area contributed by atoms with Crippen molar-refractivity contribution in [2.24, 2.45) is 5.73 Å². The maximum absolute atomic E-state index is 11.8. The van der Waals surface area contributed by atoms with E-state index in [9.17, 15) is 8.78 Å². The maximum Gasteiger partial charge on any atom is 0.261 e. The Labute approximate surface area is 106 Å². The summed E-state index contributed by atoms with van der Waals surface area (Å²) in [4.78, 5) is 4.25. The summed E-state index contributed by atoms with van der Waals surface area (Å²) in [7, 11) is 0. The van der Waals surface area contributed by atoms with Crippen LogP contribution in [-0.2, 0) is 17.7 Å². The zero-order chi connectivity index (χ0) is 13.4. The lowest BCUT2D eigenvalue weighted by molar-refractivity contribution is 0.0152. The van der Waals surface area contributed by atoms with E-state index >= 15 is 0 Å². The molecule has 1 aromatic rings. The molecule has 0 aliphatic heterocycles. The Bertz CT molecular complexity index is 331. The lowest BCUT2D eigenvalue weighted by atomic mass is 10.1. The number of ether oxygens (including phenoxy) is 1. The van der Waals surface area contributed by atoms with Gasteiger partial charge in [-0.05, 0) is 12.8 Å². The number of hydrogen-bond donors (Lipinski definition) is 1. The summed E-state index contributed by atoms with van der Waals surface area (Å²) < 4.78 is 30.5. The molecule has 6 heteroatoms. The summed E-state index contributed by atoms with van der Waals surface area (Å²) in [5.41, 5.74) is 5.93. The van der Waals surface area contributed by atoms with Gasteiger partial charge < -0.3 is 15.0 Å². The number of halogens is 2. The van der Waals surface area contributed by atoms with E-state index in [0.717, 1.165) is 18.8 Å². The zero-order valence-corrected chi connectivity index (χ0v) is 10.7. The number of hydrogen-bond acceptors (Lipinski definition) is 3. The van der Waals surface area contributed by atoms with Crippen LogP contribution in [0.15, 0.2) is 12.4 Å². The SMILES string of the molecule is CCCn1ccnc1CC(N)CCOCC(F)F. The lowest BCUT2D eigenvalue weighted by Gasteiger charge is -2.13. The van der Waals surface area contributed by atoms with E-state index in [1.807, 2.05) is 6.20 Å². The van der Waals surface area contributed by atoms with Gasteiger partial charge in [0.2, 0.25) is 0 Å². The third kappa shape index (κ3) is 5.55. The molecule has 1 atom stereocenters. The van der Waals surface area contributed by atoms with Gasteiger partial charge >= 0.3 is 0 Å². The first kappa shape index (κ1) is 15.0. The molecule has 4 nitrogen and oxygen atoms in total. The fourth-order valence-electron chi connectivity index (χ4n) is 1.72. The second kappa shape index (κ2) is 8.16. The fraction of sp³-hybridized carbons (Fsp3) is 0.750. The smallest absolute Gasteiger partial charge is 0.261 e. The van der Waals surface area contributed by atoms with Crippen LogP contribution in [0.25, 0.3) is 0 Å². The van der Waals surface area contributed by atoms with Gasteiger partial charge in [0.15, 0.2) is 0 Å². The first-order valence-electron chi connectivity index (χ1n) is 6.25. The van der Waals surface area contributed by atoms with Crippen LogP contribution in [-0.4, -0.2) is 35.2 Å². The van der Waals surface area contributed by atoms with Crippen LogP contribution in [0.3, 0.4) is 0 Å². The molecule has 1 unspecified atom stereocenters. The Morgan fingerprint density at radius 1 is 1.50 bits per heavy atom. The molecule has 0 saturated carbocycles. The van der Waals surface area contributed by atoms with Gasteiger partial charge in [0, 0.05) is 38.0 Å². The Kier molecular flexibility index (Phi) is 6.82. The van der Waals surface area contributed by atoms with Crippen molar-refractivity contribution in [1.82, 2.24) is 9.55 Å². The highest BCUT2D eigenvalue weighted by molar-refractivity contribution is 4.95. The molecule has 1 heterocycles. The Morgan fingerprint density at radius 2 is 2.28 bits per heavy atom. The number of imidazole rings is 1. The number of aryl methyl sites for hydroxylation is 1. The third-order valence-electron chi connectivity index (χ3n) is 2.59. The van der Waals surface area contributed by atoms with E-state index in [4.69, 9.17) is 10.5 Å². The number of nitrogens with zero attached hydrogens (tertiary/aromatic N) is 2. The minimum Gasteiger partial charge on any atom is -0.375 e. The maximum atomic E-state index is 11.8. The normalized spacial score (nSPS) is 13.2. The van der Waals surface area contributed by atoms with Gasteiger partial charge in [0.05, 0.1) is 0 Å². The number of rotatable bonds is 9. The molecule has 0 saturated heterocycles. The molecular weight excluding hydrogens is 240 g/mol. The van der Waals surface area contributed by atoms with Gasteiger partial charge in [-0.15, -0.1) is 0 Å². The second-order valence-electron chi connectivity index (χ2n) is 4.26. The van der Waals surface area contributed by atoms with Gasteiger partial charge in [-0.2, -0.15) is 0 Å². The van der Waals surface area contributed by atoms with E-state index in [-0.39, 0.29) is 12.6 Å². The fourth-order valence-corrected chi connectivity index (χ4v) is 1.72. The molecule has 0 aliphatic carbocycles. The number of aromatic nitrogens is 2. The van der Waals surface area contributed by atoms with E-state index in [0.29, 0.717) is 12.8 Å². The predicted molar refractivity (Wildman–Crippen MR) is 65.6 cm³/mol. The highest BCUT2D eigenvalue weighted by Crippen LogP contribution is 2.05. The van der Waals surface area contributed by atoms with E-state index in [1.165, 1.54) is 0 Å². The van der Waals surface area contributed by atoms with E-state index in [1.54, 1.807) is 6.20 Å². The molecule has 0 amide bonds. The summed E-state index contributed by atoms with van der Waals surface area (Å²) in [6.45, 7) is 2.77. The first-order valence-corrected chi connectivity index (χ1v) is 6.25. The molecule has 0 bridgehead atoms. The third-order valence-corrected chi connectivity index (χ3v) is 2.59. The second-order valence-corrected chi connectivity index (χ2v) is 4.26. The molecule has 2 N–H and O–H groups in total. The summed E-state index contributed by atoms with van der Waals surface area (Å²) >= 11 is 0. The molecule has 0 fully saturated rings. The predicted octanol–water partition coefficient (Wildman–Crippen LogP) is 1.83. The summed E-state index contributed by atoms with van der Waals surface area (Å²) in [5.74, 6) is 0.943. The monoisotopic (exact) mass is 261 g/mol. The van der Waals surface area contributed by atoms with Crippen LogP contribution in [0.4, 0.5) is 8.78 Å². The molecule has 1 rings (SSSR count). The van der Waals surface area contributed by atoms with Crippen LogP contribution in [0.1, 0.15) is 25.6 Å². The van der Waals surface area contributed by atoms with Crippen LogP contribution in [0.5, 0.6) is 0 Å². The molecular formula is C12H21F2N3O. The summed E-state index contributed by atoms with van der Waals surface area (Å²) in [6, 6.07) is -0.110. The Hall–Kier alpha value is -1.01. The average molecular weight is 261 g/mol. The van der Waals surface area contributed by atoms with E-state index in [2.05, 4.69) is 16.5 Å². The number of nitrogens with two attached hydrogens (primary N) is 1. The van der Waals surface area contributed by atoms with Crippen LogP contribution in [0.2, 0.25) is 0 Å². The molecule has 18 heavy (non-hydrogen) atoms. The molecule has 1 aromatic heterocycles. The van der Waals surface area contributed by atoms with Crippen molar-refractivity contribution in [2.45, 2.75) is 45.2 Å². The Morgan fingerprint density at radius 3 is 2.94 bits per heavy atom. The van der Waals surface area contributed by atoms with Crippen molar-refractivity contribution in [3.05, 3.63) is 18.2 Å². The van der Waals surface area contributed by atoms with Gasteiger partial charge in [-0.25, -0.2) is 13.8 Å². The highest BCUT2D eigenvalue weighted by atomic mass is 19.3. The highest BCUT2D eigenvalue weighted by Gasteiger charge is 2.09. The standard InChI is InChI=1S/C12H21F2N3O/c1-2-5-17-6-4-16-12(17)8-10(15)3-7-18-9-11(13)14/h4,6,10-11H,2-3,5,7-9,15H2,1H3. The van der Waals surface area contributed by atoms with Crippen LogP contribution >= 0.6 is 0 Å². The van der Waals surface area contributed by atoms with Crippen molar-refractivity contribution in [3.8, 4) is 0 Å². The van der Waals surface area contributed by atoms with E-state index < -0.39 is 13.0 Å².